The summed E-state index contributed by atoms with van der Waals surface area (Å²) in [6.45, 7) is -3.27. The van der Waals surface area contributed by atoms with E-state index in [1.54, 1.807) is 18.0 Å². The number of rotatable bonds is 7. The molecule has 0 saturated heterocycles. The first-order valence-corrected chi connectivity index (χ1v) is 16.1. The van der Waals surface area contributed by atoms with Crippen LogP contribution >= 0.6 is 0 Å². The van der Waals surface area contributed by atoms with Gasteiger partial charge in [-0.05, 0) is 48.5 Å². The van der Waals surface area contributed by atoms with Gasteiger partial charge in [0.2, 0.25) is 10.0 Å². The quantitative estimate of drug-likeness (QED) is 0.211. The second-order valence-corrected chi connectivity index (χ2v) is 13.2. The summed E-state index contributed by atoms with van der Waals surface area (Å²) in [5.41, 5.74) is 0.354. The van der Waals surface area contributed by atoms with Crippen molar-refractivity contribution < 1.29 is 35.2 Å². The molecule has 0 spiro atoms. The number of benzene rings is 3. The highest BCUT2D eigenvalue weighted by atomic mass is 32.2. The Bertz CT molecular complexity index is 2230. The molecular weight excluding hydrogens is 640 g/mol. The molecule has 1 unspecified atom stereocenters. The minimum absolute atomic E-state index is 0.00221. The molecule has 0 radical (unpaired) electrons. The first-order chi connectivity index (χ1) is 22.2. The van der Waals surface area contributed by atoms with Gasteiger partial charge in [-0.2, -0.15) is 8.78 Å². The van der Waals surface area contributed by atoms with Crippen LogP contribution in [0, 0.1) is 11.6 Å². The van der Waals surface area contributed by atoms with Crippen molar-refractivity contribution in [2.24, 2.45) is 0 Å². The van der Waals surface area contributed by atoms with E-state index in [0.29, 0.717) is 16.8 Å². The third kappa shape index (κ3) is 5.41. The lowest BCUT2D eigenvalue weighted by Gasteiger charge is -2.25. The number of nitrogens with one attached hydrogen (secondary N) is 1. The van der Waals surface area contributed by atoms with Crippen LogP contribution in [0.2, 0.25) is 0 Å². The van der Waals surface area contributed by atoms with Crippen LogP contribution in [-0.4, -0.2) is 46.3 Å². The first-order valence-electron chi connectivity index (χ1n) is 14.3. The predicted molar refractivity (Wildman–Crippen MR) is 170 cm³/mol. The van der Waals surface area contributed by atoms with E-state index in [1.165, 1.54) is 68.7 Å². The second-order valence-electron chi connectivity index (χ2n) is 11.2. The molecule has 6 rings (SSSR count). The molecule has 1 amide bonds. The maximum absolute atomic E-state index is 14.7. The van der Waals surface area contributed by atoms with Crippen molar-refractivity contribution in [3.05, 3.63) is 106 Å². The van der Waals surface area contributed by atoms with Crippen molar-refractivity contribution in [1.29, 1.82) is 0 Å². The Balaban J connectivity index is 1.65. The molecule has 0 fully saturated rings. The third-order valence-corrected chi connectivity index (χ3v) is 9.69. The number of hydrogen-bond acceptors (Lipinski definition) is 6. The Morgan fingerprint density at radius 3 is 2.38 bits per heavy atom. The van der Waals surface area contributed by atoms with Gasteiger partial charge in [0.05, 0.1) is 23.5 Å². The zero-order chi connectivity index (χ0) is 33.9. The fourth-order valence-electron chi connectivity index (χ4n) is 6.01. The maximum atomic E-state index is 14.7. The minimum atomic E-state index is -3.94. The molecule has 2 aromatic heterocycles. The lowest BCUT2D eigenvalue weighted by Crippen LogP contribution is -2.31. The van der Waals surface area contributed by atoms with Gasteiger partial charge in [0.15, 0.2) is 0 Å². The van der Waals surface area contributed by atoms with Crippen LogP contribution in [0.4, 0.5) is 28.9 Å². The van der Waals surface area contributed by atoms with E-state index in [2.05, 4.69) is 5.32 Å². The van der Waals surface area contributed by atoms with Crippen LogP contribution in [0.1, 0.15) is 34.1 Å². The summed E-state index contributed by atoms with van der Waals surface area (Å²) in [6.07, 6.45) is 1.90. The lowest BCUT2D eigenvalue weighted by atomic mass is 9.96. The molecule has 9 nitrogen and oxygen atoms in total. The number of furan rings is 1. The number of nitrogens with zero attached hydrogens (tertiary/aromatic N) is 3. The monoisotopic (exact) mass is 668 g/mol. The molecule has 1 atom stereocenters. The van der Waals surface area contributed by atoms with Gasteiger partial charge in [0, 0.05) is 78.7 Å². The van der Waals surface area contributed by atoms with E-state index in [4.69, 9.17) is 4.42 Å². The molecule has 47 heavy (non-hydrogen) atoms. The number of carbonyl (C=O) groups excluding carboxylic acids is 1. The van der Waals surface area contributed by atoms with Gasteiger partial charge in [-0.25, -0.2) is 17.2 Å². The van der Waals surface area contributed by atoms with E-state index < -0.39 is 45.7 Å². The molecule has 1 N–H and O–H groups in total. The van der Waals surface area contributed by atoms with E-state index in [9.17, 15) is 35.6 Å². The van der Waals surface area contributed by atoms with E-state index >= 15 is 0 Å². The largest absolute Gasteiger partial charge is 0.455 e. The molecular formula is C33H28F4N4O5S. The molecule has 5 aromatic rings. The molecule has 0 saturated carbocycles. The van der Waals surface area contributed by atoms with Gasteiger partial charge in [-0.1, -0.05) is 6.07 Å². The van der Waals surface area contributed by atoms with Crippen LogP contribution in [0.3, 0.4) is 0 Å². The highest BCUT2D eigenvalue weighted by Crippen LogP contribution is 2.44. The zero-order valence-corrected chi connectivity index (χ0v) is 26.3. The van der Waals surface area contributed by atoms with Crippen LogP contribution < -0.4 is 20.1 Å². The highest BCUT2D eigenvalue weighted by molar-refractivity contribution is 7.92. The van der Waals surface area contributed by atoms with Crippen molar-refractivity contribution in [1.82, 2.24) is 9.88 Å². The number of pyridine rings is 1. The summed E-state index contributed by atoms with van der Waals surface area (Å²) in [4.78, 5) is 28.3. The van der Waals surface area contributed by atoms with Crippen molar-refractivity contribution in [2.75, 3.05) is 36.6 Å². The number of aromatic nitrogens is 1. The Kier molecular flexibility index (Phi) is 7.86. The fraction of sp³-hybridized carbons (Fsp3) is 0.212. The molecule has 244 valence electrons. The first kappa shape index (κ1) is 31.9. The number of hydrogen-bond donors (Lipinski definition) is 1. The SMILES string of the molecule is CNC(=O)c1c(-c2ccc(F)cc2)oc2cc(N(C)S(C)(=O)=O)c(-c3cc(C4Cc5c(F)cccc5N4C)c(=O)n(C(F)F)c3)cc12. The predicted octanol–water partition coefficient (Wildman–Crippen LogP) is 6.09. The van der Waals surface area contributed by atoms with Gasteiger partial charge in [-0.3, -0.25) is 18.5 Å². The second kappa shape index (κ2) is 11.6. The Labute approximate surface area is 266 Å². The molecule has 1 aliphatic rings. The lowest BCUT2D eigenvalue weighted by molar-refractivity contribution is 0.0660. The number of likely N-dealkylation sites (N-methyl/N-ethyl adjacent to an activating group) is 1. The van der Waals surface area contributed by atoms with Gasteiger partial charge < -0.3 is 14.6 Å². The topological polar surface area (TPSA) is 105 Å². The fourth-order valence-corrected chi connectivity index (χ4v) is 6.52. The average molecular weight is 669 g/mol. The summed E-state index contributed by atoms with van der Waals surface area (Å²) in [7, 11) is 0.341. The number of fused-ring (bicyclic) bond motifs is 2. The number of amides is 1. The molecule has 1 aliphatic heterocycles. The standard InChI is InChI=1S/C33H28F4N4O5S/c1-38-31(42)29-23-13-20(27(40(3)47(4,44)45)15-28(23)46-30(29)17-8-10-19(34)11-9-17)18-12-22(32(43)41(16-18)33(36)37)26-14-21-24(35)6-5-7-25(21)39(26)2/h5-13,15-16,26,33H,14H2,1-4H3,(H,38,42). The van der Waals surface area contributed by atoms with E-state index in [-0.39, 0.29) is 55.7 Å². The summed E-state index contributed by atoms with van der Waals surface area (Å²) in [5.74, 6) is -1.53. The zero-order valence-electron chi connectivity index (χ0n) is 25.5. The van der Waals surface area contributed by atoms with Crippen LogP contribution in [0.5, 0.6) is 0 Å². The van der Waals surface area contributed by atoms with Gasteiger partial charge in [0.25, 0.3) is 11.5 Å². The number of alkyl halides is 2. The van der Waals surface area contributed by atoms with Gasteiger partial charge in [-0.15, -0.1) is 0 Å². The normalized spacial score (nSPS) is 14.6. The number of halogens is 4. The summed E-state index contributed by atoms with van der Waals surface area (Å²) < 4.78 is 90.2. The average Bonchev–Trinajstić information content (AvgIpc) is 3.57. The van der Waals surface area contributed by atoms with Gasteiger partial charge in [0.1, 0.15) is 23.0 Å². The summed E-state index contributed by atoms with van der Waals surface area (Å²) in [5, 5.41) is 2.74. The maximum Gasteiger partial charge on any atom is 0.321 e. The molecule has 0 bridgehead atoms. The van der Waals surface area contributed by atoms with Crippen LogP contribution in [-0.2, 0) is 16.4 Å². The summed E-state index contributed by atoms with van der Waals surface area (Å²) in [6, 6.07) is 13.0. The van der Waals surface area contributed by atoms with Crippen LogP contribution in [0.15, 0.2) is 76.1 Å². The molecule has 3 aromatic carbocycles. The number of sulfonamides is 1. The minimum Gasteiger partial charge on any atom is -0.455 e. The van der Waals surface area contributed by atoms with E-state index in [0.717, 1.165) is 16.8 Å². The number of anilines is 2. The van der Waals surface area contributed by atoms with Crippen LogP contribution in [0.25, 0.3) is 33.4 Å². The summed E-state index contributed by atoms with van der Waals surface area (Å²) >= 11 is 0. The highest BCUT2D eigenvalue weighted by Gasteiger charge is 2.34. The molecule has 0 aliphatic carbocycles. The number of carbonyl (C=O) groups is 1. The van der Waals surface area contributed by atoms with Crippen molar-refractivity contribution in [3.63, 3.8) is 0 Å². The van der Waals surface area contributed by atoms with Crippen molar-refractivity contribution in [2.45, 2.75) is 19.0 Å². The van der Waals surface area contributed by atoms with Gasteiger partial charge >= 0.3 is 6.55 Å². The van der Waals surface area contributed by atoms with Crippen molar-refractivity contribution in [3.8, 4) is 22.5 Å². The third-order valence-electron chi connectivity index (χ3n) is 8.49. The Morgan fingerprint density at radius 1 is 1.06 bits per heavy atom. The smallest absolute Gasteiger partial charge is 0.321 e. The Hall–Kier alpha value is -5.11. The van der Waals surface area contributed by atoms with E-state index in [1.807, 2.05) is 0 Å². The molecule has 14 heteroatoms. The van der Waals surface area contributed by atoms with Crippen molar-refractivity contribution >= 4 is 38.3 Å². The molecule has 3 heterocycles. The Morgan fingerprint density at radius 2 is 1.77 bits per heavy atom.